The summed E-state index contributed by atoms with van der Waals surface area (Å²) in [4.78, 5) is 13.8. The molecule has 1 aliphatic heterocycles. The zero-order chi connectivity index (χ0) is 15.7. The SMILES string of the molecule is O=C1C=C(c2c(F)ccc(Cl)c2F)CCN1c1[c]cccc1. The van der Waals surface area contributed by atoms with Gasteiger partial charge in [-0.3, -0.25) is 4.79 Å². The molecule has 0 aromatic heterocycles. The van der Waals surface area contributed by atoms with E-state index in [2.05, 4.69) is 6.07 Å². The van der Waals surface area contributed by atoms with E-state index in [9.17, 15) is 13.6 Å². The fraction of sp³-hybridized carbons (Fsp3) is 0.118. The Bertz CT molecular complexity index is 759. The van der Waals surface area contributed by atoms with Crippen LogP contribution in [0, 0.1) is 17.7 Å². The molecule has 1 aliphatic rings. The summed E-state index contributed by atoms with van der Waals surface area (Å²) in [7, 11) is 0. The zero-order valence-corrected chi connectivity index (χ0v) is 12.2. The Morgan fingerprint density at radius 3 is 2.68 bits per heavy atom. The summed E-state index contributed by atoms with van der Waals surface area (Å²) in [5.41, 5.74) is 0.724. The Morgan fingerprint density at radius 2 is 2.00 bits per heavy atom. The molecule has 0 aliphatic carbocycles. The van der Waals surface area contributed by atoms with Crippen molar-refractivity contribution in [1.82, 2.24) is 0 Å². The van der Waals surface area contributed by atoms with E-state index in [4.69, 9.17) is 11.6 Å². The van der Waals surface area contributed by atoms with Crippen molar-refractivity contribution in [2.24, 2.45) is 0 Å². The van der Waals surface area contributed by atoms with Crippen LogP contribution >= 0.6 is 11.6 Å². The van der Waals surface area contributed by atoms with Gasteiger partial charge in [-0.2, -0.15) is 0 Å². The lowest BCUT2D eigenvalue weighted by molar-refractivity contribution is -0.114. The molecule has 0 saturated heterocycles. The van der Waals surface area contributed by atoms with Crippen molar-refractivity contribution in [3.63, 3.8) is 0 Å². The summed E-state index contributed by atoms with van der Waals surface area (Å²) in [6.07, 6.45) is 1.59. The van der Waals surface area contributed by atoms with Gasteiger partial charge >= 0.3 is 0 Å². The lowest BCUT2D eigenvalue weighted by Crippen LogP contribution is -2.34. The minimum absolute atomic E-state index is 0.163. The molecule has 2 aromatic carbocycles. The Balaban J connectivity index is 1.97. The first-order valence-electron chi connectivity index (χ1n) is 6.70. The summed E-state index contributed by atoms with van der Waals surface area (Å²) in [5.74, 6) is -1.89. The van der Waals surface area contributed by atoms with Crippen LogP contribution in [0.15, 0.2) is 42.5 Å². The van der Waals surface area contributed by atoms with Crippen LogP contribution in [0.1, 0.15) is 12.0 Å². The highest BCUT2D eigenvalue weighted by Gasteiger charge is 2.24. The quantitative estimate of drug-likeness (QED) is 0.758. The van der Waals surface area contributed by atoms with E-state index in [1.807, 2.05) is 0 Å². The predicted molar refractivity (Wildman–Crippen MR) is 81.6 cm³/mol. The highest BCUT2D eigenvalue weighted by molar-refractivity contribution is 6.31. The summed E-state index contributed by atoms with van der Waals surface area (Å²) < 4.78 is 27.9. The number of anilines is 1. The van der Waals surface area contributed by atoms with Crippen molar-refractivity contribution in [2.45, 2.75) is 6.42 Å². The third kappa shape index (κ3) is 2.62. The zero-order valence-electron chi connectivity index (χ0n) is 11.4. The number of amides is 1. The van der Waals surface area contributed by atoms with Gasteiger partial charge in [-0.1, -0.05) is 29.8 Å². The van der Waals surface area contributed by atoms with E-state index in [0.717, 1.165) is 12.1 Å². The lowest BCUT2D eigenvalue weighted by atomic mass is 9.97. The molecule has 0 atom stereocenters. The molecule has 0 unspecified atom stereocenters. The van der Waals surface area contributed by atoms with E-state index in [1.165, 1.54) is 11.0 Å². The first-order valence-corrected chi connectivity index (χ1v) is 7.08. The highest BCUT2D eigenvalue weighted by atomic mass is 35.5. The number of hydrogen-bond donors (Lipinski definition) is 0. The second kappa shape index (κ2) is 5.89. The molecule has 111 valence electrons. The van der Waals surface area contributed by atoms with Crippen LogP contribution in [0.3, 0.4) is 0 Å². The average Bonchev–Trinajstić information content (AvgIpc) is 2.52. The van der Waals surface area contributed by atoms with Gasteiger partial charge in [0, 0.05) is 18.7 Å². The number of carbonyl (C=O) groups is 1. The van der Waals surface area contributed by atoms with Crippen molar-refractivity contribution >= 4 is 28.8 Å². The molecule has 0 saturated carbocycles. The number of rotatable bonds is 2. The van der Waals surface area contributed by atoms with Crippen molar-refractivity contribution in [2.75, 3.05) is 11.4 Å². The normalized spacial score (nSPS) is 15.0. The van der Waals surface area contributed by atoms with Gasteiger partial charge in [-0.05, 0) is 30.2 Å². The Hall–Kier alpha value is -2.20. The van der Waals surface area contributed by atoms with Crippen molar-refractivity contribution in [3.8, 4) is 0 Å². The number of para-hydroxylation sites is 1. The van der Waals surface area contributed by atoms with E-state index >= 15 is 0 Å². The van der Waals surface area contributed by atoms with Crippen LogP contribution in [0.5, 0.6) is 0 Å². The summed E-state index contributed by atoms with van der Waals surface area (Å²) >= 11 is 5.70. The molecule has 22 heavy (non-hydrogen) atoms. The van der Waals surface area contributed by atoms with Gasteiger partial charge in [0.1, 0.15) is 5.82 Å². The molecule has 3 rings (SSSR count). The number of benzene rings is 2. The monoisotopic (exact) mass is 318 g/mol. The van der Waals surface area contributed by atoms with Gasteiger partial charge in [0.25, 0.3) is 5.91 Å². The Morgan fingerprint density at radius 1 is 1.18 bits per heavy atom. The first kappa shape index (κ1) is 14.7. The molecule has 1 heterocycles. The third-order valence-electron chi connectivity index (χ3n) is 3.52. The van der Waals surface area contributed by atoms with Crippen LogP contribution in [0.2, 0.25) is 5.02 Å². The van der Waals surface area contributed by atoms with Gasteiger partial charge in [-0.25, -0.2) is 8.78 Å². The van der Waals surface area contributed by atoms with Crippen LogP contribution in [0.25, 0.3) is 5.57 Å². The second-order valence-corrected chi connectivity index (χ2v) is 5.28. The lowest BCUT2D eigenvalue weighted by Gasteiger charge is -2.26. The van der Waals surface area contributed by atoms with Gasteiger partial charge in [0.15, 0.2) is 5.82 Å². The average molecular weight is 319 g/mol. The molecule has 0 fully saturated rings. The second-order valence-electron chi connectivity index (χ2n) is 4.88. The minimum atomic E-state index is -0.833. The Labute approximate surface area is 131 Å². The van der Waals surface area contributed by atoms with Gasteiger partial charge in [0.2, 0.25) is 0 Å². The van der Waals surface area contributed by atoms with Gasteiger partial charge in [0.05, 0.1) is 16.3 Å². The molecule has 0 N–H and O–H groups in total. The summed E-state index contributed by atoms with van der Waals surface area (Å²) in [6.45, 7) is 0.330. The standard InChI is InChI=1S/C17H11ClF2NO/c18-13-6-7-14(19)16(17(13)20)11-8-9-21(15(22)10-11)12-4-2-1-3-5-12/h1-4,6-7,10H,8-9H2. The number of nitrogens with zero attached hydrogens (tertiary/aromatic N) is 1. The molecule has 0 bridgehead atoms. The maximum atomic E-state index is 14.1. The number of hydrogen-bond acceptors (Lipinski definition) is 1. The predicted octanol–water partition coefficient (Wildman–Crippen LogP) is 4.24. The topological polar surface area (TPSA) is 20.3 Å². The fourth-order valence-corrected chi connectivity index (χ4v) is 2.61. The van der Waals surface area contributed by atoms with E-state index in [1.54, 1.807) is 24.3 Å². The highest BCUT2D eigenvalue weighted by Crippen LogP contribution is 2.32. The van der Waals surface area contributed by atoms with E-state index in [-0.39, 0.29) is 16.5 Å². The third-order valence-corrected chi connectivity index (χ3v) is 3.81. The Kier molecular flexibility index (Phi) is 3.94. The van der Waals surface area contributed by atoms with Crippen molar-refractivity contribution in [3.05, 3.63) is 70.8 Å². The maximum absolute atomic E-state index is 14.1. The molecular weight excluding hydrogens is 308 g/mol. The van der Waals surface area contributed by atoms with Crippen molar-refractivity contribution < 1.29 is 13.6 Å². The minimum Gasteiger partial charge on any atom is -0.308 e. The smallest absolute Gasteiger partial charge is 0.251 e. The van der Waals surface area contributed by atoms with Gasteiger partial charge in [-0.15, -0.1) is 0 Å². The molecule has 1 radical (unpaired) electrons. The molecular formula is C17H11ClF2NO. The van der Waals surface area contributed by atoms with E-state index in [0.29, 0.717) is 24.2 Å². The molecule has 0 spiro atoms. The molecule has 2 aromatic rings. The summed E-state index contributed by atoms with van der Waals surface area (Å²) in [6, 6.07) is 12.3. The fourth-order valence-electron chi connectivity index (χ4n) is 2.45. The summed E-state index contributed by atoms with van der Waals surface area (Å²) in [5, 5.41) is -0.163. The van der Waals surface area contributed by atoms with Crippen LogP contribution in [-0.2, 0) is 4.79 Å². The largest absolute Gasteiger partial charge is 0.308 e. The van der Waals surface area contributed by atoms with Crippen LogP contribution < -0.4 is 4.90 Å². The first-order chi connectivity index (χ1) is 10.6. The molecule has 2 nitrogen and oxygen atoms in total. The van der Waals surface area contributed by atoms with Gasteiger partial charge < -0.3 is 4.90 Å². The number of carbonyl (C=O) groups excluding carboxylic acids is 1. The number of halogens is 3. The van der Waals surface area contributed by atoms with Crippen LogP contribution in [-0.4, -0.2) is 12.5 Å². The van der Waals surface area contributed by atoms with E-state index < -0.39 is 11.6 Å². The van der Waals surface area contributed by atoms with Crippen LogP contribution in [0.4, 0.5) is 14.5 Å². The molecule has 1 amide bonds. The molecule has 5 heteroatoms. The van der Waals surface area contributed by atoms with Crippen molar-refractivity contribution in [1.29, 1.82) is 0 Å². The maximum Gasteiger partial charge on any atom is 0.251 e.